The van der Waals surface area contributed by atoms with Gasteiger partial charge in [0.25, 0.3) is 0 Å². The molecule has 1 aliphatic heterocycles. The maximum atomic E-state index is 14.2. The highest BCUT2D eigenvalue weighted by molar-refractivity contribution is 5.76. The molecule has 0 radical (unpaired) electrons. The van der Waals surface area contributed by atoms with Gasteiger partial charge >= 0.3 is 0 Å². The summed E-state index contributed by atoms with van der Waals surface area (Å²) in [7, 11) is 1.87. The molecule has 2 heterocycles. The number of rotatable bonds is 7. The number of hydrogen-bond donors (Lipinski definition) is 1. The number of aryl methyl sites for hydroxylation is 2. The smallest absolute Gasteiger partial charge is 0.220 e. The summed E-state index contributed by atoms with van der Waals surface area (Å²) in [6.45, 7) is 2.33. The third-order valence-corrected chi connectivity index (χ3v) is 4.87. The molecule has 0 aliphatic carbocycles. The summed E-state index contributed by atoms with van der Waals surface area (Å²) in [5.41, 5.74) is 1.69. The van der Waals surface area contributed by atoms with Gasteiger partial charge in [0.2, 0.25) is 5.91 Å². The molecule has 1 saturated heterocycles. The minimum atomic E-state index is -0.205. The first-order chi connectivity index (χ1) is 12.1. The van der Waals surface area contributed by atoms with E-state index in [1.807, 2.05) is 25.2 Å². The summed E-state index contributed by atoms with van der Waals surface area (Å²) < 4.78 is 16.0. The molecule has 0 saturated carbocycles. The third-order valence-electron chi connectivity index (χ3n) is 4.87. The Hall–Kier alpha value is -2.21. The Labute approximate surface area is 147 Å². The first kappa shape index (κ1) is 17.6. The lowest BCUT2D eigenvalue weighted by Gasteiger charge is -2.28. The summed E-state index contributed by atoms with van der Waals surface area (Å²) in [6, 6.07) is 8.67. The van der Waals surface area contributed by atoms with Gasteiger partial charge in [-0.3, -0.25) is 14.4 Å². The molecule has 2 aromatic rings. The van der Waals surface area contributed by atoms with E-state index in [1.54, 1.807) is 16.9 Å². The standard InChI is InChI=1S/C19H25FN4O/c1-23-15(10-11-22-23)8-9-19(25)21-14-18(24-12-4-5-13-24)16-6-2-3-7-17(16)20/h2-3,6-7,10-11,18H,4-5,8-9,12-14H2,1H3,(H,21,25)/t18-/m1/s1. The fourth-order valence-corrected chi connectivity index (χ4v) is 3.42. The van der Waals surface area contributed by atoms with Gasteiger partial charge in [-0.2, -0.15) is 5.10 Å². The normalized spacial score (nSPS) is 16.1. The van der Waals surface area contributed by atoms with Crippen molar-refractivity contribution in [1.82, 2.24) is 20.0 Å². The van der Waals surface area contributed by atoms with E-state index in [-0.39, 0.29) is 17.8 Å². The molecule has 1 atom stereocenters. The third kappa shape index (κ3) is 4.45. The van der Waals surface area contributed by atoms with E-state index in [1.165, 1.54) is 6.07 Å². The van der Waals surface area contributed by atoms with E-state index in [0.717, 1.165) is 31.6 Å². The van der Waals surface area contributed by atoms with Crippen LogP contribution in [0.1, 0.15) is 36.6 Å². The fourth-order valence-electron chi connectivity index (χ4n) is 3.42. The van der Waals surface area contributed by atoms with E-state index in [9.17, 15) is 9.18 Å². The number of amides is 1. The van der Waals surface area contributed by atoms with Crippen molar-refractivity contribution in [2.24, 2.45) is 7.05 Å². The number of benzene rings is 1. The topological polar surface area (TPSA) is 50.2 Å². The van der Waals surface area contributed by atoms with Crippen LogP contribution >= 0.6 is 0 Å². The second-order valence-corrected chi connectivity index (χ2v) is 6.53. The second kappa shape index (κ2) is 8.25. The van der Waals surface area contributed by atoms with Crippen molar-refractivity contribution < 1.29 is 9.18 Å². The van der Waals surface area contributed by atoms with Gasteiger partial charge in [0, 0.05) is 37.5 Å². The van der Waals surface area contributed by atoms with Crippen LogP contribution in [0.15, 0.2) is 36.5 Å². The number of likely N-dealkylation sites (tertiary alicyclic amines) is 1. The Morgan fingerprint density at radius 1 is 1.28 bits per heavy atom. The van der Waals surface area contributed by atoms with Crippen molar-refractivity contribution in [3.8, 4) is 0 Å². The van der Waals surface area contributed by atoms with Gasteiger partial charge in [-0.15, -0.1) is 0 Å². The first-order valence-corrected chi connectivity index (χ1v) is 8.87. The largest absolute Gasteiger partial charge is 0.354 e. The van der Waals surface area contributed by atoms with Crippen LogP contribution in [0.4, 0.5) is 4.39 Å². The molecule has 0 spiro atoms. The zero-order valence-corrected chi connectivity index (χ0v) is 14.6. The zero-order chi connectivity index (χ0) is 17.6. The predicted molar refractivity (Wildman–Crippen MR) is 94.5 cm³/mol. The number of aromatic nitrogens is 2. The highest BCUT2D eigenvalue weighted by Gasteiger charge is 2.25. The molecular weight excluding hydrogens is 319 g/mol. The maximum Gasteiger partial charge on any atom is 0.220 e. The van der Waals surface area contributed by atoms with Crippen LogP contribution in [0.5, 0.6) is 0 Å². The Bertz CT molecular complexity index is 709. The fraction of sp³-hybridized carbons (Fsp3) is 0.474. The van der Waals surface area contributed by atoms with Crippen LogP contribution in [0.25, 0.3) is 0 Å². The van der Waals surface area contributed by atoms with E-state index in [4.69, 9.17) is 0 Å². The molecule has 5 nitrogen and oxygen atoms in total. The monoisotopic (exact) mass is 344 g/mol. The van der Waals surface area contributed by atoms with Crippen molar-refractivity contribution in [2.45, 2.75) is 31.7 Å². The number of carbonyl (C=O) groups is 1. The van der Waals surface area contributed by atoms with Crippen LogP contribution < -0.4 is 5.32 Å². The average Bonchev–Trinajstić information content (AvgIpc) is 3.27. The molecule has 1 aromatic heterocycles. The van der Waals surface area contributed by atoms with Crippen molar-refractivity contribution in [3.05, 3.63) is 53.6 Å². The summed E-state index contributed by atoms with van der Waals surface area (Å²) in [5, 5.41) is 7.10. The Balaban J connectivity index is 1.59. The van der Waals surface area contributed by atoms with Crippen molar-refractivity contribution in [3.63, 3.8) is 0 Å². The van der Waals surface area contributed by atoms with E-state index >= 15 is 0 Å². The molecule has 1 amide bonds. The molecule has 1 aromatic carbocycles. The van der Waals surface area contributed by atoms with Gasteiger partial charge in [0.1, 0.15) is 5.82 Å². The van der Waals surface area contributed by atoms with E-state index in [2.05, 4.69) is 15.3 Å². The SMILES string of the molecule is Cn1nccc1CCC(=O)NC[C@H](c1ccccc1F)N1CCCC1. The lowest BCUT2D eigenvalue weighted by atomic mass is 10.0. The van der Waals surface area contributed by atoms with Gasteiger partial charge in [-0.1, -0.05) is 18.2 Å². The van der Waals surface area contributed by atoms with Crippen LogP contribution in [0.3, 0.4) is 0 Å². The average molecular weight is 344 g/mol. The zero-order valence-electron chi connectivity index (χ0n) is 14.6. The van der Waals surface area contributed by atoms with Gasteiger partial charge in [-0.25, -0.2) is 4.39 Å². The first-order valence-electron chi connectivity index (χ1n) is 8.87. The molecule has 3 rings (SSSR count). The minimum absolute atomic E-state index is 0.0123. The number of nitrogens with zero attached hydrogens (tertiary/aromatic N) is 3. The quantitative estimate of drug-likeness (QED) is 0.839. The summed E-state index contributed by atoms with van der Waals surface area (Å²) in [6.07, 6.45) is 5.04. The molecule has 134 valence electrons. The van der Waals surface area contributed by atoms with Gasteiger partial charge < -0.3 is 5.32 Å². The number of halogens is 1. The second-order valence-electron chi connectivity index (χ2n) is 6.53. The van der Waals surface area contributed by atoms with Gasteiger partial charge in [-0.05, 0) is 44.5 Å². The van der Waals surface area contributed by atoms with Crippen LogP contribution in [-0.2, 0) is 18.3 Å². The van der Waals surface area contributed by atoms with Gasteiger partial charge in [0.05, 0.1) is 6.04 Å². The molecule has 0 bridgehead atoms. The van der Waals surface area contributed by atoms with Gasteiger partial charge in [0.15, 0.2) is 0 Å². The highest BCUT2D eigenvalue weighted by atomic mass is 19.1. The summed E-state index contributed by atoms with van der Waals surface area (Å²) in [5.74, 6) is -0.217. The van der Waals surface area contributed by atoms with Crippen molar-refractivity contribution in [2.75, 3.05) is 19.6 Å². The highest BCUT2D eigenvalue weighted by Crippen LogP contribution is 2.26. The maximum absolute atomic E-state index is 14.2. The molecule has 25 heavy (non-hydrogen) atoms. The number of carbonyl (C=O) groups excluding carboxylic acids is 1. The molecule has 0 unspecified atom stereocenters. The Morgan fingerprint density at radius 3 is 2.72 bits per heavy atom. The molecule has 6 heteroatoms. The lowest BCUT2D eigenvalue weighted by Crippen LogP contribution is -2.37. The summed E-state index contributed by atoms with van der Waals surface area (Å²) in [4.78, 5) is 14.5. The lowest BCUT2D eigenvalue weighted by molar-refractivity contribution is -0.121. The van der Waals surface area contributed by atoms with Crippen LogP contribution in [0.2, 0.25) is 0 Å². The molecule has 1 N–H and O–H groups in total. The van der Waals surface area contributed by atoms with Crippen molar-refractivity contribution >= 4 is 5.91 Å². The van der Waals surface area contributed by atoms with E-state index < -0.39 is 0 Å². The molecule has 1 aliphatic rings. The van der Waals surface area contributed by atoms with Crippen LogP contribution in [-0.4, -0.2) is 40.2 Å². The predicted octanol–water partition coefficient (Wildman–Crippen LogP) is 2.45. The Morgan fingerprint density at radius 2 is 2.04 bits per heavy atom. The van der Waals surface area contributed by atoms with Crippen LogP contribution in [0, 0.1) is 5.82 Å². The number of nitrogens with one attached hydrogen (secondary N) is 1. The van der Waals surface area contributed by atoms with Crippen molar-refractivity contribution in [1.29, 1.82) is 0 Å². The molecule has 1 fully saturated rings. The number of hydrogen-bond acceptors (Lipinski definition) is 3. The molecular formula is C19H25FN4O. The minimum Gasteiger partial charge on any atom is -0.354 e. The van der Waals surface area contributed by atoms with E-state index in [0.29, 0.717) is 24.9 Å². The summed E-state index contributed by atoms with van der Waals surface area (Å²) >= 11 is 0. The Kier molecular flexibility index (Phi) is 5.81.